The summed E-state index contributed by atoms with van der Waals surface area (Å²) >= 11 is 5.76. The minimum Gasteiger partial charge on any atom is -0.400 e. The molecule has 0 amide bonds. The third kappa shape index (κ3) is 3.19. The Morgan fingerprint density at radius 1 is 1.26 bits per heavy atom. The van der Waals surface area contributed by atoms with Gasteiger partial charge in [0.25, 0.3) is 0 Å². The highest BCUT2D eigenvalue weighted by molar-refractivity contribution is 6.52. The van der Waals surface area contributed by atoms with Crippen LogP contribution in [0.1, 0.15) is 39.0 Å². The summed E-state index contributed by atoms with van der Waals surface area (Å²) < 4.78 is 11.8. The zero-order chi connectivity index (χ0) is 14.1. The summed E-state index contributed by atoms with van der Waals surface area (Å²) in [5.74, 6) is 2.34. The molecule has 1 aromatic rings. The highest BCUT2D eigenvalue weighted by Gasteiger charge is 2.49. The quantitative estimate of drug-likeness (QED) is 0.627. The van der Waals surface area contributed by atoms with E-state index in [-0.39, 0.29) is 18.3 Å². The van der Waals surface area contributed by atoms with Gasteiger partial charge in [0, 0.05) is 6.20 Å². The predicted molar refractivity (Wildman–Crippen MR) is 78.9 cm³/mol. The van der Waals surface area contributed by atoms with Gasteiger partial charge in [0.2, 0.25) is 0 Å². The molecule has 3 nitrogen and oxygen atoms in total. The number of pyridine rings is 1. The molecule has 1 aromatic heterocycles. The number of nitrogens with zero attached hydrogens (tertiary/aromatic N) is 1. The normalized spacial score (nSPS) is 21.2. The van der Waals surface area contributed by atoms with E-state index < -0.39 is 0 Å². The lowest BCUT2D eigenvalue weighted by molar-refractivity contribution is 0.00578. The summed E-state index contributed by atoms with van der Waals surface area (Å²) in [7, 11) is -0.322. The number of alkyl halides is 1. The van der Waals surface area contributed by atoms with Gasteiger partial charge in [-0.2, -0.15) is 0 Å². The Hall–Kier alpha value is -0.835. The zero-order valence-corrected chi connectivity index (χ0v) is 12.6. The van der Waals surface area contributed by atoms with Crippen LogP contribution in [-0.4, -0.2) is 23.3 Å². The van der Waals surface area contributed by atoms with Crippen LogP contribution < -0.4 is 0 Å². The van der Waals surface area contributed by atoms with Crippen molar-refractivity contribution in [3.63, 3.8) is 0 Å². The third-order valence-corrected chi connectivity index (χ3v) is 3.97. The average Bonchev–Trinajstić information content (AvgIpc) is 2.56. The largest absolute Gasteiger partial charge is 0.487 e. The molecule has 0 atom stereocenters. The predicted octanol–water partition coefficient (Wildman–Crippen LogP) is 3.47. The molecule has 0 bridgehead atoms. The molecule has 1 fully saturated rings. The second-order valence-electron chi connectivity index (χ2n) is 5.70. The highest BCUT2D eigenvalue weighted by Crippen LogP contribution is 2.36. The van der Waals surface area contributed by atoms with Crippen LogP contribution in [0.2, 0.25) is 0 Å². The number of hydrogen-bond acceptors (Lipinski definition) is 3. The summed E-state index contributed by atoms with van der Waals surface area (Å²) in [4.78, 5) is 4.16. The standard InChI is InChI=1S/C14H19BClNO2/c1-13(2)14(3,4)19-15(18-13)7-5-11-6-8-17-12(9-11)10-16/h5-9H,10H2,1-4H3/b7-5+. The van der Waals surface area contributed by atoms with Crippen LogP contribution in [0.15, 0.2) is 24.3 Å². The van der Waals surface area contributed by atoms with Gasteiger partial charge in [-0.05, 0) is 45.4 Å². The van der Waals surface area contributed by atoms with Crippen LogP contribution in [0.25, 0.3) is 6.08 Å². The SMILES string of the molecule is CC1(C)OB(/C=C/c2ccnc(CCl)c2)OC1(C)C. The first-order chi connectivity index (χ1) is 8.84. The molecule has 1 saturated heterocycles. The fourth-order valence-corrected chi connectivity index (χ4v) is 1.98. The fraction of sp³-hybridized carbons (Fsp3) is 0.500. The first kappa shape index (κ1) is 14.6. The highest BCUT2D eigenvalue weighted by atomic mass is 35.5. The fourth-order valence-electron chi connectivity index (χ4n) is 1.83. The van der Waals surface area contributed by atoms with E-state index in [2.05, 4.69) is 4.98 Å². The second kappa shape index (κ2) is 5.27. The van der Waals surface area contributed by atoms with Gasteiger partial charge in [-0.15, -0.1) is 11.6 Å². The first-order valence-electron chi connectivity index (χ1n) is 6.39. The monoisotopic (exact) mass is 279 g/mol. The molecule has 0 radical (unpaired) electrons. The third-order valence-electron chi connectivity index (χ3n) is 3.69. The first-order valence-corrected chi connectivity index (χ1v) is 6.92. The van der Waals surface area contributed by atoms with E-state index in [1.165, 1.54) is 0 Å². The maximum Gasteiger partial charge on any atom is 0.487 e. The van der Waals surface area contributed by atoms with E-state index in [9.17, 15) is 0 Å². The molecule has 0 aromatic carbocycles. The Bertz CT molecular complexity index is 472. The molecule has 5 heteroatoms. The van der Waals surface area contributed by atoms with Gasteiger partial charge < -0.3 is 9.31 Å². The maximum atomic E-state index is 5.89. The Balaban J connectivity index is 2.08. The summed E-state index contributed by atoms with van der Waals surface area (Å²) in [6, 6.07) is 3.88. The van der Waals surface area contributed by atoms with Gasteiger partial charge >= 0.3 is 7.12 Å². The molecule has 102 valence electrons. The summed E-state index contributed by atoms with van der Waals surface area (Å²) in [5, 5.41) is 0. The smallest absolute Gasteiger partial charge is 0.400 e. The molecule has 19 heavy (non-hydrogen) atoms. The molecular formula is C14H19BClNO2. The molecular weight excluding hydrogens is 260 g/mol. The van der Waals surface area contributed by atoms with Gasteiger partial charge in [0.15, 0.2) is 0 Å². The lowest BCUT2D eigenvalue weighted by Crippen LogP contribution is -2.41. The number of halogens is 1. The van der Waals surface area contributed by atoms with Crippen LogP contribution in [0.4, 0.5) is 0 Å². The minimum atomic E-state index is -0.322. The molecule has 0 spiro atoms. The molecule has 0 unspecified atom stereocenters. The lowest BCUT2D eigenvalue weighted by atomic mass is 9.89. The number of rotatable bonds is 3. The average molecular weight is 280 g/mol. The second-order valence-corrected chi connectivity index (χ2v) is 5.97. The van der Waals surface area contributed by atoms with E-state index in [1.807, 2.05) is 51.9 Å². The molecule has 1 aliphatic heterocycles. The van der Waals surface area contributed by atoms with Crippen LogP contribution in [0, 0.1) is 0 Å². The van der Waals surface area contributed by atoms with Crippen molar-refractivity contribution < 1.29 is 9.31 Å². The molecule has 2 rings (SSSR count). The van der Waals surface area contributed by atoms with E-state index in [0.29, 0.717) is 5.88 Å². The van der Waals surface area contributed by atoms with Crippen molar-refractivity contribution in [2.45, 2.75) is 44.8 Å². The summed E-state index contributed by atoms with van der Waals surface area (Å²) in [5.41, 5.74) is 1.29. The van der Waals surface area contributed by atoms with Crippen molar-refractivity contribution in [2.75, 3.05) is 0 Å². The maximum absolute atomic E-state index is 5.89. The lowest BCUT2D eigenvalue weighted by Gasteiger charge is -2.32. The summed E-state index contributed by atoms with van der Waals surface area (Å²) in [6.45, 7) is 8.16. The zero-order valence-electron chi connectivity index (χ0n) is 11.8. The minimum absolute atomic E-state index is 0.304. The van der Waals surface area contributed by atoms with Crippen molar-refractivity contribution in [3.8, 4) is 0 Å². The Labute approximate surface area is 120 Å². The molecule has 0 saturated carbocycles. The van der Waals surface area contributed by atoms with Gasteiger partial charge in [-0.3, -0.25) is 4.98 Å². The van der Waals surface area contributed by atoms with Crippen LogP contribution in [0.5, 0.6) is 0 Å². The van der Waals surface area contributed by atoms with Crippen molar-refractivity contribution in [1.29, 1.82) is 0 Å². The van der Waals surface area contributed by atoms with Crippen LogP contribution in [-0.2, 0) is 15.2 Å². The number of hydrogen-bond donors (Lipinski definition) is 0. The van der Waals surface area contributed by atoms with Crippen molar-refractivity contribution in [1.82, 2.24) is 4.98 Å². The van der Waals surface area contributed by atoms with Crippen molar-refractivity contribution in [3.05, 3.63) is 35.6 Å². The molecule has 2 heterocycles. The van der Waals surface area contributed by atoms with Gasteiger partial charge in [0.1, 0.15) is 0 Å². The Kier molecular flexibility index (Phi) is 4.04. The topological polar surface area (TPSA) is 31.4 Å². The van der Waals surface area contributed by atoms with Gasteiger partial charge in [-0.25, -0.2) is 0 Å². The van der Waals surface area contributed by atoms with E-state index in [4.69, 9.17) is 20.9 Å². The summed E-state index contributed by atoms with van der Waals surface area (Å²) in [6.07, 6.45) is 3.72. The van der Waals surface area contributed by atoms with Crippen LogP contribution in [0.3, 0.4) is 0 Å². The van der Waals surface area contributed by atoms with E-state index >= 15 is 0 Å². The van der Waals surface area contributed by atoms with E-state index in [0.717, 1.165) is 11.3 Å². The molecule has 0 aliphatic carbocycles. The van der Waals surface area contributed by atoms with Gasteiger partial charge in [-0.1, -0.05) is 12.1 Å². The van der Waals surface area contributed by atoms with E-state index in [1.54, 1.807) is 6.20 Å². The Morgan fingerprint density at radius 3 is 2.47 bits per heavy atom. The van der Waals surface area contributed by atoms with Gasteiger partial charge in [0.05, 0.1) is 22.8 Å². The van der Waals surface area contributed by atoms with Crippen molar-refractivity contribution in [2.24, 2.45) is 0 Å². The molecule has 0 N–H and O–H groups in total. The Morgan fingerprint density at radius 2 is 1.89 bits per heavy atom. The van der Waals surface area contributed by atoms with Crippen LogP contribution >= 0.6 is 11.6 Å². The molecule has 1 aliphatic rings. The number of aromatic nitrogens is 1. The van der Waals surface area contributed by atoms with Crippen molar-refractivity contribution >= 4 is 24.8 Å².